The number of aromatic carboxylic acids is 1. The molecule has 0 radical (unpaired) electrons. The summed E-state index contributed by atoms with van der Waals surface area (Å²) in [6.45, 7) is 0.495. The van der Waals surface area contributed by atoms with Crippen LogP contribution in [0, 0.1) is 11.6 Å². The SMILES string of the molecule is Nc1ccc2c(c1)CN(c1c(F)c(N)c3c(=O)c(C(=O)O)cn(C4CC4)c3c1F)C2. The second kappa shape index (κ2) is 6.19. The van der Waals surface area contributed by atoms with E-state index in [9.17, 15) is 14.7 Å². The van der Waals surface area contributed by atoms with E-state index >= 15 is 8.78 Å². The first-order chi connectivity index (χ1) is 14.3. The Kier molecular flexibility index (Phi) is 3.80. The van der Waals surface area contributed by atoms with Crippen LogP contribution >= 0.6 is 0 Å². The molecule has 5 rings (SSSR count). The molecule has 0 saturated heterocycles. The van der Waals surface area contributed by atoms with E-state index < -0.39 is 39.7 Å². The van der Waals surface area contributed by atoms with Gasteiger partial charge in [-0.2, -0.15) is 0 Å². The Labute approximate surface area is 169 Å². The molecule has 9 heteroatoms. The van der Waals surface area contributed by atoms with Gasteiger partial charge in [-0.25, -0.2) is 13.6 Å². The van der Waals surface area contributed by atoms with Gasteiger partial charge in [0, 0.05) is 31.0 Å². The number of hydrogen-bond acceptors (Lipinski definition) is 5. The molecule has 0 amide bonds. The highest BCUT2D eigenvalue weighted by atomic mass is 19.1. The van der Waals surface area contributed by atoms with Crippen molar-refractivity contribution in [2.45, 2.75) is 32.0 Å². The third kappa shape index (κ3) is 2.54. The molecule has 2 aliphatic rings. The third-order valence-corrected chi connectivity index (χ3v) is 5.80. The van der Waals surface area contributed by atoms with Crippen LogP contribution in [0.5, 0.6) is 0 Å². The van der Waals surface area contributed by atoms with Gasteiger partial charge in [-0.15, -0.1) is 0 Å². The summed E-state index contributed by atoms with van der Waals surface area (Å²) < 4.78 is 32.5. The Morgan fingerprint density at radius 2 is 1.80 bits per heavy atom. The van der Waals surface area contributed by atoms with Crippen molar-refractivity contribution < 1.29 is 18.7 Å². The molecule has 2 heterocycles. The summed E-state index contributed by atoms with van der Waals surface area (Å²) in [6.07, 6.45) is 2.54. The molecule has 7 nitrogen and oxygen atoms in total. The number of nitrogen functional groups attached to an aromatic ring is 2. The number of hydrogen-bond donors (Lipinski definition) is 3. The number of aromatic nitrogens is 1. The highest BCUT2D eigenvalue weighted by Gasteiger charge is 2.34. The Balaban J connectivity index is 1.78. The highest BCUT2D eigenvalue weighted by molar-refractivity contribution is 5.99. The van der Waals surface area contributed by atoms with Gasteiger partial charge in [0.25, 0.3) is 0 Å². The molecule has 0 bridgehead atoms. The zero-order valence-electron chi connectivity index (χ0n) is 15.8. The lowest BCUT2D eigenvalue weighted by atomic mass is 10.1. The van der Waals surface area contributed by atoms with Gasteiger partial charge < -0.3 is 26.0 Å². The summed E-state index contributed by atoms with van der Waals surface area (Å²) in [4.78, 5) is 25.7. The molecule has 1 saturated carbocycles. The number of benzene rings is 2. The minimum Gasteiger partial charge on any atom is -0.477 e. The predicted octanol–water partition coefficient (Wildman–Crippen LogP) is 3.00. The molecule has 0 unspecified atom stereocenters. The van der Waals surface area contributed by atoms with Gasteiger partial charge in [-0.1, -0.05) is 6.07 Å². The molecular weight excluding hydrogens is 394 g/mol. The smallest absolute Gasteiger partial charge is 0.341 e. The normalized spacial score (nSPS) is 15.6. The second-order valence-electron chi connectivity index (χ2n) is 7.81. The first-order valence-electron chi connectivity index (χ1n) is 9.48. The first-order valence-corrected chi connectivity index (χ1v) is 9.48. The molecule has 1 aliphatic heterocycles. The van der Waals surface area contributed by atoms with Crippen molar-refractivity contribution in [2.24, 2.45) is 0 Å². The quantitative estimate of drug-likeness (QED) is 0.570. The summed E-state index contributed by atoms with van der Waals surface area (Å²) in [5, 5.41) is 8.94. The van der Waals surface area contributed by atoms with Gasteiger partial charge in [0.15, 0.2) is 11.6 Å². The van der Waals surface area contributed by atoms with E-state index in [0.29, 0.717) is 18.5 Å². The average molecular weight is 412 g/mol. The van der Waals surface area contributed by atoms with Gasteiger partial charge in [0.1, 0.15) is 11.3 Å². The fraction of sp³-hybridized carbons (Fsp3) is 0.238. The monoisotopic (exact) mass is 412 g/mol. The number of anilines is 3. The molecule has 3 aromatic rings. The predicted molar refractivity (Wildman–Crippen MR) is 109 cm³/mol. The summed E-state index contributed by atoms with van der Waals surface area (Å²) in [5.74, 6) is -3.45. The summed E-state index contributed by atoms with van der Waals surface area (Å²) in [6, 6.07) is 5.13. The maximum atomic E-state index is 15.8. The molecule has 30 heavy (non-hydrogen) atoms. The lowest BCUT2D eigenvalue weighted by Gasteiger charge is -2.23. The molecule has 154 valence electrons. The number of rotatable bonds is 3. The molecule has 1 fully saturated rings. The number of fused-ring (bicyclic) bond motifs is 2. The highest BCUT2D eigenvalue weighted by Crippen LogP contribution is 2.43. The fourth-order valence-corrected chi connectivity index (χ4v) is 4.20. The van der Waals surface area contributed by atoms with Crippen LogP contribution in [-0.2, 0) is 13.1 Å². The average Bonchev–Trinajstić information content (AvgIpc) is 3.45. The van der Waals surface area contributed by atoms with Gasteiger partial charge in [0.05, 0.1) is 16.6 Å². The third-order valence-electron chi connectivity index (χ3n) is 5.80. The number of nitrogens with two attached hydrogens (primary N) is 2. The van der Waals surface area contributed by atoms with E-state index in [1.54, 1.807) is 12.1 Å². The molecule has 0 spiro atoms. The van der Waals surface area contributed by atoms with Crippen molar-refractivity contribution in [3.05, 3.63) is 62.9 Å². The van der Waals surface area contributed by atoms with E-state index in [1.807, 2.05) is 6.07 Å². The number of carboxylic acid groups (broad SMARTS) is 1. The van der Waals surface area contributed by atoms with Crippen molar-refractivity contribution in [1.29, 1.82) is 0 Å². The molecular formula is C21H18F2N4O3. The molecule has 1 aliphatic carbocycles. The number of carboxylic acids is 1. The van der Waals surface area contributed by atoms with Crippen molar-refractivity contribution in [1.82, 2.24) is 4.57 Å². The molecule has 1 aromatic heterocycles. The van der Waals surface area contributed by atoms with Crippen LogP contribution < -0.4 is 21.8 Å². The van der Waals surface area contributed by atoms with Gasteiger partial charge >= 0.3 is 5.97 Å². The summed E-state index contributed by atoms with van der Waals surface area (Å²) >= 11 is 0. The second-order valence-corrected chi connectivity index (χ2v) is 7.81. The van der Waals surface area contributed by atoms with Crippen LogP contribution in [0.3, 0.4) is 0 Å². The van der Waals surface area contributed by atoms with Gasteiger partial charge in [0.2, 0.25) is 5.43 Å². The molecule has 2 aromatic carbocycles. The maximum Gasteiger partial charge on any atom is 0.341 e. The van der Waals surface area contributed by atoms with E-state index in [0.717, 1.165) is 17.3 Å². The maximum absolute atomic E-state index is 15.8. The minimum absolute atomic E-state index is 0.156. The van der Waals surface area contributed by atoms with Crippen molar-refractivity contribution in [3.8, 4) is 0 Å². The van der Waals surface area contributed by atoms with Crippen LogP contribution in [0.2, 0.25) is 0 Å². The standard InChI is InChI=1S/C21H18F2N4O3/c22-15-17(25)14-18(27(12-3-4-12)8-13(20(14)28)21(29)30)16(23)19(15)26-6-9-1-2-11(24)5-10(9)7-26/h1-2,5,8,12H,3-4,6-7,24-25H2,(H,29,30). The fourth-order valence-electron chi connectivity index (χ4n) is 4.20. The van der Waals surface area contributed by atoms with E-state index in [-0.39, 0.29) is 30.3 Å². The Hall–Kier alpha value is -3.62. The van der Waals surface area contributed by atoms with E-state index in [4.69, 9.17) is 11.5 Å². The van der Waals surface area contributed by atoms with Crippen LogP contribution in [-0.4, -0.2) is 15.6 Å². The van der Waals surface area contributed by atoms with Crippen molar-refractivity contribution >= 4 is 33.9 Å². The lowest BCUT2D eigenvalue weighted by Crippen LogP contribution is -2.24. The van der Waals surface area contributed by atoms with Crippen LogP contribution in [0.15, 0.2) is 29.2 Å². The van der Waals surface area contributed by atoms with Crippen LogP contribution in [0.1, 0.15) is 40.4 Å². The topological polar surface area (TPSA) is 115 Å². The zero-order chi connectivity index (χ0) is 21.3. The summed E-state index contributed by atoms with van der Waals surface area (Å²) in [7, 11) is 0. The Morgan fingerprint density at radius 1 is 1.10 bits per heavy atom. The van der Waals surface area contributed by atoms with Crippen LogP contribution in [0.25, 0.3) is 10.9 Å². The number of carbonyl (C=O) groups is 1. The lowest BCUT2D eigenvalue weighted by molar-refractivity contribution is 0.0695. The summed E-state index contributed by atoms with van der Waals surface area (Å²) in [5.41, 5.74) is 11.5. The zero-order valence-corrected chi connectivity index (χ0v) is 15.8. The van der Waals surface area contributed by atoms with Gasteiger partial charge in [-0.3, -0.25) is 4.79 Å². The Bertz CT molecular complexity index is 1310. The minimum atomic E-state index is -1.46. The van der Waals surface area contributed by atoms with Gasteiger partial charge in [-0.05, 0) is 36.1 Å². The molecule has 5 N–H and O–H groups in total. The number of halogens is 2. The van der Waals surface area contributed by atoms with Crippen molar-refractivity contribution in [3.63, 3.8) is 0 Å². The largest absolute Gasteiger partial charge is 0.477 e. The van der Waals surface area contributed by atoms with E-state index in [1.165, 1.54) is 9.47 Å². The number of nitrogens with zero attached hydrogens (tertiary/aromatic N) is 2. The molecule has 0 atom stereocenters. The van der Waals surface area contributed by atoms with Crippen molar-refractivity contribution in [2.75, 3.05) is 16.4 Å². The Morgan fingerprint density at radius 3 is 2.47 bits per heavy atom. The first kappa shape index (κ1) is 18.4. The van der Waals surface area contributed by atoms with E-state index in [2.05, 4.69) is 0 Å². The van der Waals surface area contributed by atoms with Crippen LogP contribution in [0.4, 0.5) is 25.8 Å². The number of pyridine rings is 1.